The Kier molecular flexibility index (Phi) is 4.52. The molecule has 1 aliphatic heterocycles. The maximum absolute atomic E-state index is 12.2. The van der Waals surface area contributed by atoms with E-state index in [0.717, 1.165) is 38.9 Å². The molecule has 2 rings (SSSR count). The van der Waals surface area contributed by atoms with Gasteiger partial charge in [-0.1, -0.05) is 19.1 Å². The molecule has 1 aromatic rings. The molecule has 0 bridgehead atoms. The predicted molar refractivity (Wildman–Crippen MR) is 72.6 cm³/mol. The molecule has 6 heteroatoms. The second-order valence-electron chi connectivity index (χ2n) is 5.68. The third kappa shape index (κ3) is 3.76. The van der Waals surface area contributed by atoms with Crippen molar-refractivity contribution in [3.63, 3.8) is 0 Å². The van der Waals surface area contributed by atoms with Gasteiger partial charge in [0.1, 0.15) is 0 Å². The topological polar surface area (TPSA) is 77.0 Å². The van der Waals surface area contributed by atoms with Crippen molar-refractivity contribution in [2.24, 2.45) is 11.7 Å². The Labute approximate surface area is 113 Å². The molecule has 0 aliphatic carbocycles. The largest absolute Gasteiger partial charge is 0.337 e. The third-order valence-electron chi connectivity index (χ3n) is 3.52. The Morgan fingerprint density at radius 1 is 1.47 bits per heavy atom. The minimum atomic E-state index is -0.0253. The van der Waals surface area contributed by atoms with Crippen molar-refractivity contribution in [2.45, 2.75) is 45.7 Å². The second-order valence-corrected chi connectivity index (χ2v) is 5.68. The van der Waals surface area contributed by atoms with Crippen LogP contribution in [0.25, 0.3) is 0 Å². The summed E-state index contributed by atoms with van der Waals surface area (Å²) in [7, 11) is 0. The van der Waals surface area contributed by atoms with Gasteiger partial charge in [-0.3, -0.25) is 9.48 Å². The number of carbonyl (C=O) groups excluding carboxylic acids is 1. The molecule has 0 saturated carbocycles. The molecule has 1 saturated heterocycles. The molecule has 1 fully saturated rings. The highest BCUT2D eigenvalue weighted by Gasteiger charge is 2.23. The smallest absolute Gasteiger partial charge is 0.276 e. The summed E-state index contributed by atoms with van der Waals surface area (Å²) in [6, 6.07) is 0.228. The summed E-state index contributed by atoms with van der Waals surface area (Å²) in [4.78, 5) is 14.0. The lowest BCUT2D eigenvalue weighted by Gasteiger charge is -2.29. The highest BCUT2D eigenvalue weighted by molar-refractivity contribution is 5.91. The first kappa shape index (κ1) is 14.0. The first-order chi connectivity index (χ1) is 9.06. The van der Waals surface area contributed by atoms with E-state index in [0.29, 0.717) is 11.6 Å². The summed E-state index contributed by atoms with van der Waals surface area (Å²) in [6.45, 7) is 6.58. The quantitative estimate of drug-likeness (QED) is 0.877. The number of nitrogens with zero attached hydrogens (tertiary/aromatic N) is 4. The lowest BCUT2D eigenvalue weighted by molar-refractivity contribution is 0.0708. The first-order valence-electron chi connectivity index (χ1n) is 7.01. The third-order valence-corrected chi connectivity index (χ3v) is 3.52. The molecular weight excluding hydrogens is 242 g/mol. The maximum Gasteiger partial charge on any atom is 0.276 e. The van der Waals surface area contributed by atoms with Crippen molar-refractivity contribution in [1.29, 1.82) is 0 Å². The van der Waals surface area contributed by atoms with E-state index in [-0.39, 0.29) is 11.9 Å². The molecule has 19 heavy (non-hydrogen) atoms. The Hall–Kier alpha value is -1.43. The zero-order chi connectivity index (χ0) is 13.8. The molecule has 0 unspecified atom stereocenters. The molecular formula is C13H23N5O. The van der Waals surface area contributed by atoms with Gasteiger partial charge in [-0.05, 0) is 25.2 Å². The number of hydrogen-bond acceptors (Lipinski definition) is 4. The highest BCUT2D eigenvalue weighted by atomic mass is 16.2. The summed E-state index contributed by atoms with van der Waals surface area (Å²) >= 11 is 0. The number of rotatable bonds is 4. The van der Waals surface area contributed by atoms with Crippen LogP contribution in [0.2, 0.25) is 0 Å². The van der Waals surface area contributed by atoms with Crippen molar-refractivity contribution < 1.29 is 4.79 Å². The molecule has 2 heterocycles. The fourth-order valence-electron chi connectivity index (χ4n) is 2.16. The summed E-state index contributed by atoms with van der Waals surface area (Å²) in [6.07, 6.45) is 4.52. The number of likely N-dealkylation sites (tertiary alicyclic amines) is 1. The normalized spacial score (nSPS) is 17.2. The van der Waals surface area contributed by atoms with Gasteiger partial charge in [0.15, 0.2) is 5.69 Å². The van der Waals surface area contributed by atoms with E-state index in [1.807, 2.05) is 4.90 Å². The van der Waals surface area contributed by atoms with Crippen LogP contribution in [-0.2, 0) is 6.54 Å². The number of aromatic nitrogens is 3. The zero-order valence-corrected chi connectivity index (χ0v) is 11.7. The van der Waals surface area contributed by atoms with Gasteiger partial charge in [-0.25, -0.2) is 0 Å². The van der Waals surface area contributed by atoms with E-state index in [1.54, 1.807) is 10.9 Å². The number of piperidine rings is 1. The van der Waals surface area contributed by atoms with Crippen molar-refractivity contribution in [1.82, 2.24) is 19.9 Å². The van der Waals surface area contributed by atoms with Crippen LogP contribution in [0.1, 0.15) is 43.6 Å². The number of aryl methyl sites for hydroxylation is 1. The van der Waals surface area contributed by atoms with Crippen LogP contribution in [0.15, 0.2) is 6.20 Å². The Balaban J connectivity index is 1.92. The van der Waals surface area contributed by atoms with Crippen LogP contribution < -0.4 is 5.73 Å². The maximum atomic E-state index is 12.2. The van der Waals surface area contributed by atoms with Gasteiger partial charge in [0.25, 0.3) is 5.91 Å². The van der Waals surface area contributed by atoms with Crippen LogP contribution >= 0.6 is 0 Å². The van der Waals surface area contributed by atoms with Crippen LogP contribution in [0.4, 0.5) is 0 Å². The van der Waals surface area contributed by atoms with Gasteiger partial charge in [-0.15, -0.1) is 5.10 Å². The SMILES string of the molecule is CC(C)CCn1cc(C(=O)N2CCC(N)CC2)nn1. The fraction of sp³-hybridized carbons (Fsp3) is 0.769. The molecule has 1 aromatic heterocycles. The van der Waals surface area contributed by atoms with E-state index in [2.05, 4.69) is 24.2 Å². The number of carbonyl (C=O) groups is 1. The van der Waals surface area contributed by atoms with Gasteiger partial charge < -0.3 is 10.6 Å². The van der Waals surface area contributed by atoms with Gasteiger partial charge in [-0.2, -0.15) is 0 Å². The van der Waals surface area contributed by atoms with Crippen LogP contribution in [0.5, 0.6) is 0 Å². The number of nitrogens with two attached hydrogens (primary N) is 1. The van der Waals surface area contributed by atoms with Crippen molar-refractivity contribution in [2.75, 3.05) is 13.1 Å². The average Bonchev–Trinajstić information content (AvgIpc) is 2.85. The fourth-order valence-corrected chi connectivity index (χ4v) is 2.16. The molecule has 1 amide bonds. The van der Waals surface area contributed by atoms with E-state index in [4.69, 9.17) is 5.73 Å². The lowest BCUT2D eigenvalue weighted by atomic mass is 10.1. The van der Waals surface area contributed by atoms with Gasteiger partial charge in [0.05, 0.1) is 6.20 Å². The predicted octanol–water partition coefficient (Wildman–Crippen LogP) is 0.888. The van der Waals surface area contributed by atoms with Crippen molar-refractivity contribution in [3.05, 3.63) is 11.9 Å². The Bertz CT molecular complexity index is 420. The van der Waals surface area contributed by atoms with Crippen molar-refractivity contribution in [3.8, 4) is 0 Å². The van der Waals surface area contributed by atoms with Crippen LogP contribution in [-0.4, -0.2) is 44.9 Å². The lowest BCUT2D eigenvalue weighted by Crippen LogP contribution is -2.43. The molecule has 0 aromatic carbocycles. The average molecular weight is 265 g/mol. The summed E-state index contributed by atoms with van der Waals surface area (Å²) in [5, 5.41) is 7.99. The van der Waals surface area contributed by atoms with Gasteiger partial charge in [0.2, 0.25) is 0 Å². The Morgan fingerprint density at radius 3 is 2.79 bits per heavy atom. The standard InChI is InChI=1S/C13H23N5O/c1-10(2)3-8-18-9-12(15-16-18)13(19)17-6-4-11(14)5-7-17/h9-11H,3-8,14H2,1-2H3. The van der Waals surface area contributed by atoms with Crippen LogP contribution in [0.3, 0.4) is 0 Å². The first-order valence-corrected chi connectivity index (χ1v) is 7.01. The highest BCUT2D eigenvalue weighted by Crippen LogP contribution is 2.11. The summed E-state index contributed by atoms with van der Waals surface area (Å²) in [5.41, 5.74) is 6.28. The number of hydrogen-bond donors (Lipinski definition) is 1. The molecule has 6 nitrogen and oxygen atoms in total. The molecule has 2 N–H and O–H groups in total. The van der Waals surface area contributed by atoms with Gasteiger partial charge >= 0.3 is 0 Å². The molecule has 1 aliphatic rings. The van der Waals surface area contributed by atoms with E-state index >= 15 is 0 Å². The minimum Gasteiger partial charge on any atom is -0.337 e. The van der Waals surface area contributed by atoms with E-state index in [1.165, 1.54) is 0 Å². The van der Waals surface area contributed by atoms with E-state index in [9.17, 15) is 4.79 Å². The zero-order valence-electron chi connectivity index (χ0n) is 11.7. The van der Waals surface area contributed by atoms with E-state index < -0.39 is 0 Å². The van der Waals surface area contributed by atoms with Crippen molar-refractivity contribution >= 4 is 5.91 Å². The summed E-state index contributed by atoms with van der Waals surface area (Å²) < 4.78 is 1.75. The van der Waals surface area contributed by atoms with Gasteiger partial charge in [0, 0.05) is 25.7 Å². The second kappa shape index (κ2) is 6.14. The Morgan fingerprint density at radius 2 is 2.16 bits per heavy atom. The molecule has 0 spiro atoms. The number of amides is 1. The van der Waals surface area contributed by atoms with Crippen LogP contribution in [0, 0.1) is 5.92 Å². The molecule has 0 atom stereocenters. The molecule has 0 radical (unpaired) electrons. The molecule has 106 valence electrons. The monoisotopic (exact) mass is 265 g/mol. The minimum absolute atomic E-state index is 0.0253. The summed E-state index contributed by atoms with van der Waals surface area (Å²) in [5.74, 6) is 0.592.